The average Bonchev–Trinajstić information content (AvgIpc) is 3.40. The summed E-state index contributed by atoms with van der Waals surface area (Å²) >= 11 is 6.05. The predicted molar refractivity (Wildman–Crippen MR) is 109 cm³/mol. The second kappa shape index (κ2) is 8.31. The Kier molecular flexibility index (Phi) is 5.62. The monoisotopic (exact) mass is 398 g/mol. The largest absolute Gasteiger partial charge is 0.339 e. The van der Waals surface area contributed by atoms with Gasteiger partial charge in [-0.1, -0.05) is 23.7 Å². The van der Waals surface area contributed by atoms with Crippen LogP contribution in [0.25, 0.3) is 0 Å². The van der Waals surface area contributed by atoms with Gasteiger partial charge in [-0.2, -0.15) is 0 Å². The molecule has 7 heteroatoms. The third kappa shape index (κ3) is 4.19. The SMILES string of the molecule is O=C(Nc1ccc(C(=O)N2CCCC2)cc1)C1CC(c2cccc(Cl)c2)NN1. The summed E-state index contributed by atoms with van der Waals surface area (Å²) in [6.45, 7) is 1.65. The van der Waals surface area contributed by atoms with Crippen molar-refractivity contribution in [3.8, 4) is 0 Å². The van der Waals surface area contributed by atoms with Crippen LogP contribution in [0.3, 0.4) is 0 Å². The first-order chi connectivity index (χ1) is 13.6. The number of anilines is 1. The molecule has 4 rings (SSSR count). The zero-order valence-corrected chi connectivity index (χ0v) is 16.2. The summed E-state index contributed by atoms with van der Waals surface area (Å²) in [6.07, 6.45) is 2.76. The summed E-state index contributed by atoms with van der Waals surface area (Å²) in [5.41, 5.74) is 8.57. The molecule has 0 saturated carbocycles. The fourth-order valence-corrected chi connectivity index (χ4v) is 3.90. The highest BCUT2D eigenvalue weighted by Crippen LogP contribution is 2.25. The smallest absolute Gasteiger partial charge is 0.253 e. The minimum atomic E-state index is -0.352. The zero-order chi connectivity index (χ0) is 19.5. The van der Waals surface area contributed by atoms with E-state index in [4.69, 9.17) is 11.6 Å². The first-order valence-electron chi connectivity index (χ1n) is 9.57. The van der Waals surface area contributed by atoms with E-state index in [0.29, 0.717) is 22.7 Å². The van der Waals surface area contributed by atoms with Gasteiger partial charge in [0.25, 0.3) is 5.91 Å². The van der Waals surface area contributed by atoms with E-state index < -0.39 is 0 Å². The van der Waals surface area contributed by atoms with E-state index in [9.17, 15) is 9.59 Å². The third-order valence-corrected chi connectivity index (χ3v) is 5.50. The van der Waals surface area contributed by atoms with Gasteiger partial charge in [0.05, 0.1) is 0 Å². The van der Waals surface area contributed by atoms with E-state index in [1.807, 2.05) is 29.2 Å². The number of carbonyl (C=O) groups excluding carboxylic acids is 2. The molecule has 2 unspecified atom stereocenters. The van der Waals surface area contributed by atoms with Gasteiger partial charge in [0.15, 0.2) is 0 Å². The lowest BCUT2D eigenvalue weighted by molar-refractivity contribution is -0.117. The molecule has 0 spiro atoms. The van der Waals surface area contributed by atoms with Crippen LogP contribution < -0.4 is 16.2 Å². The Morgan fingerprint density at radius 1 is 1.04 bits per heavy atom. The number of nitrogens with zero attached hydrogens (tertiary/aromatic N) is 1. The number of carbonyl (C=O) groups is 2. The standard InChI is InChI=1S/C21H23ClN4O2/c22-16-5-3-4-15(12-16)18-13-19(25-24-18)20(27)23-17-8-6-14(7-9-17)21(28)26-10-1-2-11-26/h3-9,12,18-19,24-25H,1-2,10-11,13H2,(H,23,27). The fraction of sp³-hybridized carbons (Fsp3) is 0.333. The Labute approximate surface area is 169 Å². The van der Waals surface area contributed by atoms with E-state index >= 15 is 0 Å². The Morgan fingerprint density at radius 2 is 1.79 bits per heavy atom. The quantitative estimate of drug-likeness (QED) is 0.739. The van der Waals surface area contributed by atoms with Crippen LogP contribution in [-0.2, 0) is 4.79 Å². The number of hydrogen-bond donors (Lipinski definition) is 3. The van der Waals surface area contributed by atoms with Crippen LogP contribution in [0.4, 0.5) is 5.69 Å². The normalized spacial score (nSPS) is 21.7. The number of rotatable bonds is 4. The Morgan fingerprint density at radius 3 is 2.50 bits per heavy atom. The summed E-state index contributed by atoms with van der Waals surface area (Å²) in [5, 5.41) is 3.59. The van der Waals surface area contributed by atoms with Crippen LogP contribution in [0, 0.1) is 0 Å². The van der Waals surface area contributed by atoms with E-state index in [1.165, 1.54) is 0 Å². The molecule has 2 atom stereocenters. The molecule has 6 nitrogen and oxygen atoms in total. The topological polar surface area (TPSA) is 73.5 Å². The highest BCUT2D eigenvalue weighted by Gasteiger charge is 2.30. The molecule has 2 aromatic rings. The summed E-state index contributed by atoms with van der Waals surface area (Å²) in [6, 6.07) is 14.4. The van der Waals surface area contributed by atoms with Gasteiger partial charge in [0.1, 0.15) is 6.04 Å². The van der Waals surface area contributed by atoms with Gasteiger partial charge < -0.3 is 10.2 Å². The lowest BCUT2D eigenvalue weighted by atomic mass is 10.0. The molecule has 0 bridgehead atoms. The number of benzene rings is 2. The highest BCUT2D eigenvalue weighted by atomic mass is 35.5. The van der Waals surface area contributed by atoms with Crippen LogP contribution in [-0.4, -0.2) is 35.8 Å². The second-order valence-electron chi connectivity index (χ2n) is 7.25. The first kappa shape index (κ1) is 18.9. The van der Waals surface area contributed by atoms with Crippen molar-refractivity contribution in [1.82, 2.24) is 15.8 Å². The molecular weight excluding hydrogens is 376 g/mol. The van der Waals surface area contributed by atoms with Crippen molar-refractivity contribution in [3.05, 3.63) is 64.7 Å². The Balaban J connectivity index is 1.34. The van der Waals surface area contributed by atoms with Gasteiger partial charge in [-0.3, -0.25) is 9.59 Å². The maximum atomic E-state index is 12.6. The predicted octanol–water partition coefficient (Wildman–Crippen LogP) is 3.12. The molecular formula is C21H23ClN4O2. The Bertz CT molecular complexity index is 865. The molecule has 2 amide bonds. The van der Waals surface area contributed by atoms with Crippen molar-refractivity contribution in [2.45, 2.75) is 31.3 Å². The molecule has 146 valence electrons. The lowest BCUT2D eigenvalue weighted by Crippen LogP contribution is -2.39. The summed E-state index contributed by atoms with van der Waals surface area (Å²) in [4.78, 5) is 26.8. The second-order valence-corrected chi connectivity index (χ2v) is 7.69. The van der Waals surface area contributed by atoms with Gasteiger partial charge in [0.2, 0.25) is 5.91 Å². The van der Waals surface area contributed by atoms with Crippen molar-refractivity contribution >= 4 is 29.1 Å². The average molecular weight is 399 g/mol. The van der Waals surface area contributed by atoms with Gasteiger partial charge in [-0.25, -0.2) is 10.9 Å². The van der Waals surface area contributed by atoms with Crippen LogP contribution in [0.2, 0.25) is 5.02 Å². The maximum absolute atomic E-state index is 12.6. The summed E-state index contributed by atoms with van der Waals surface area (Å²) < 4.78 is 0. The van der Waals surface area contributed by atoms with Crippen molar-refractivity contribution in [3.63, 3.8) is 0 Å². The molecule has 2 aliphatic heterocycles. The van der Waals surface area contributed by atoms with Gasteiger partial charge in [-0.15, -0.1) is 0 Å². The molecule has 2 aromatic carbocycles. The molecule has 2 heterocycles. The number of nitrogens with one attached hydrogen (secondary N) is 3. The molecule has 0 aliphatic carbocycles. The third-order valence-electron chi connectivity index (χ3n) is 5.26. The van der Waals surface area contributed by atoms with Crippen LogP contribution in [0.1, 0.15) is 41.2 Å². The van der Waals surface area contributed by atoms with Crippen molar-refractivity contribution < 1.29 is 9.59 Å². The zero-order valence-electron chi connectivity index (χ0n) is 15.5. The Hall–Kier alpha value is -2.41. The number of likely N-dealkylation sites (tertiary alicyclic amines) is 1. The first-order valence-corrected chi connectivity index (χ1v) is 9.95. The van der Waals surface area contributed by atoms with E-state index in [0.717, 1.165) is 31.5 Å². The van der Waals surface area contributed by atoms with Gasteiger partial charge >= 0.3 is 0 Å². The minimum absolute atomic E-state index is 0.0231. The van der Waals surface area contributed by atoms with Crippen molar-refractivity contribution in [2.75, 3.05) is 18.4 Å². The highest BCUT2D eigenvalue weighted by molar-refractivity contribution is 6.30. The van der Waals surface area contributed by atoms with Crippen LogP contribution >= 0.6 is 11.6 Å². The van der Waals surface area contributed by atoms with Crippen molar-refractivity contribution in [1.29, 1.82) is 0 Å². The molecule has 0 aromatic heterocycles. The summed E-state index contributed by atoms with van der Waals surface area (Å²) in [5.74, 6) is -0.0583. The maximum Gasteiger partial charge on any atom is 0.253 e. The molecule has 3 N–H and O–H groups in total. The number of halogens is 1. The lowest BCUT2D eigenvalue weighted by Gasteiger charge is -2.15. The van der Waals surface area contributed by atoms with Gasteiger partial charge in [0, 0.05) is 35.4 Å². The molecule has 2 aliphatic rings. The summed E-state index contributed by atoms with van der Waals surface area (Å²) in [7, 11) is 0. The molecule has 28 heavy (non-hydrogen) atoms. The molecule has 2 fully saturated rings. The fourth-order valence-electron chi connectivity index (χ4n) is 3.70. The van der Waals surface area contributed by atoms with Crippen molar-refractivity contribution in [2.24, 2.45) is 0 Å². The number of hydrogen-bond acceptors (Lipinski definition) is 4. The van der Waals surface area contributed by atoms with Crippen LogP contribution in [0.5, 0.6) is 0 Å². The minimum Gasteiger partial charge on any atom is -0.339 e. The number of hydrazine groups is 1. The molecule has 2 saturated heterocycles. The van der Waals surface area contributed by atoms with E-state index in [-0.39, 0.29) is 23.9 Å². The van der Waals surface area contributed by atoms with E-state index in [1.54, 1.807) is 24.3 Å². The van der Waals surface area contributed by atoms with Gasteiger partial charge in [-0.05, 0) is 61.2 Å². The number of amides is 2. The van der Waals surface area contributed by atoms with E-state index in [2.05, 4.69) is 16.2 Å². The van der Waals surface area contributed by atoms with Crippen LogP contribution in [0.15, 0.2) is 48.5 Å². The molecule has 0 radical (unpaired) electrons.